The molecule has 0 amide bonds. The summed E-state index contributed by atoms with van der Waals surface area (Å²) in [5.41, 5.74) is 3.05. The normalized spacial score (nSPS) is 43.0. The van der Waals surface area contributed by atoms with Gasteiger partial charge in [0.1, 0.15) is 17.4 Å². The molecule has 2 aromatic carbocycles. The predicted molar refractivity (Wildman–Crippen MR) is 247 cm³/mol. The zero-order chi connectivity index (χ0) is 45.3. The zero-order valence-electron chi connectivity index (χ0n) is 39.5. The fraction of sp³-hybridized carbons (Fsp3) is 0.719. The van der Waals surface area contributed by atoms with E-state index in [-0.39, 0.29) is 40.4 Å². The van der Waals surface area contributed by atoms with E-state index in [9.17, 15) is 29.5 Å². The molecule has 0 heterocycles. The largest absolute Gasteiger partial charge is 0.390 e. The number of nitriles is 2. The fourth-order valence-electron chi connectivity index (χ4n) is 17.6. The van der Waals surface area contributed by atoms with Crippen molar-refractivity contribution in [2.75, 3.05) is 0 Å². The van der Waals surface area contributed by atoms with Crippen molar-refractivity contribution < 1.29 is 24.2 Å². The Labute approximate surface area is 383 Å². The third-order valence-corrected chi connectivity index (χ3v) is 20.6. The van der Waals surface area contributed by atoms with Gasteiger partial charge in [-0.1, -0.05) is 26.0 Å². The molecular formula is C57H75FN2O4. The third kappa shape index (κ3) is 8.35. The first kappa shape index (κ1) is 45.8. The Hall–Kier alpha value is -3.39. The molecule has 16 atom stereocenters. The summed E-state index contributed by atoms with van der Waals surface area (Å²) in [6, 6.07) is 14.2. The number of Topliss-reactive ketones (excluding diaryl/α,β-unsaturated/α-hetero) is 2. The fourth-order valence-corrected chi connectivity index (χ4v) is 17.6. The Balaban J connectivity index is 0.000000162. The first-order valence-electron chi connectivity index (χ1n) is 25.6. The number of fused-ring (bicyclic) bond motifs is 10. The summed E-state index contributed by atoms with van der Waals surface area (Å²) < 4.78 is 13.5. The van der Waals surface area contributed by atoms with E-state index >= 15 is 0 Å². The molecule has 2 aromatic rings. The van der Waals surface area contributed by atoms with Crippen LogP contribution in [0.25, 0.3) is 0 Å². The highest BCUT2D eigenvalue weighted by Crippen LogP contribution is 2.66. The third-order valence-electron chi connectivity index (χ3n) is 20.6. The highest BCUT2D eigenvalue weighted by Gasteiger charge is 2.60. The lowest BCUT2D eigenvalue weighted by atomic mass is 9.49. The molecule has 0 aliphatic heterocycles. The standard InChI is InChI=1S/C29H39NO2.C28H36FNO2/c1-18-14-19(17-30)4-5-20(18)15-27(31)26-9-8-25-24-7-6-21-16-28(2,32)12-10-22(21)23(24)11-13-29(25,26)3;1-27(32)11-9-21-18(15-27)4-6-23-22(21)10-12-28(2)24(23)7-8-25(28)26(31)14-17-3-5-20(29)13-19(17)16-30/h4-5,14,21-26,32H,6-13,15-16H2,1-3H3;3,5,13,18,21-25,32H,4,6-12,14-15H2,1-2H3/t21-,22+,23-,24-,25+,26-,28-,29+;18-,21+,22-,23-,24+,25-,27-,28+/m11/s1. The van der Waals surface area contributed by atoms with E-state index < -0.39 is 17.0 Å². The van der Waals surface area contributed by atoms with Crippen LogP contribution in [0.2, 0.25) is 0 Å². The van der Waals surface area contributed by atoms with Crippen LogP contribution in [0.5, 0.6) is 0 Å². The maximum Gasteiger partial charge on any atom is 0.140 e. The van der Waals surface area contributed by atoms with Crippen molar-refractivity contribution in [3.63, 3.8) is 0 Å². The molecule has 7 heteroatoms. The van der Waals surface area contributed by atoms with Crippen molar-refractivity contribution in [2.45, 2.75) is 174 Å². The maximum absolute atomic E-state index is 13.5. The van der Waals surface area contributed by atoms with Gasteiger partial charge in [0, 0.05) is 24.7 Å². The number of carbonyl (C=O) groups is 2. The van der Waals surface area contributed by atoms with Crippen molar-refractivity contribution in [3.05, 3.63) is 70.0 Å². The van der Waals surface area contributed by atoms with Crippen LogP contribution >= 0.6 is 0 Å². The molecule has 8 aliphatic rings. The van der Waals surface area contributed by atoms with Gasteiger partial charge in [-0.2, -0.15) is 10.5 Å². The molecular weight excluding hydrogens is 796 g/mol. The van der Waals surface area contributed by atoms with Crippen LogP contribution in [0.15, 0.2) is 36.4 Å². The van der Waals surface area contributed by atoms with Gasteiger partial charge >= 0.3 is 0 Å². The van der Waals surface area contributed by atoms with Gasteiger partial charge in [-0.3, -0.25) is 9.59 Å². The van der Waals surface area contributed by atoms with Crippen molar-refractivity contribution in [1.29, 1.82) is 10.5 Å². The summed E-state index contributed by atoms with van der Waals surface area (Å²) in [4.78, 5) is 27.0. The zero-order valence-corrected chi connectivity index (χ0v) is 39.5. The van der Waals surface area contributed by atoms with Crippen LogP contribution in [0.4, 0.5) is 4.39 Å². The van der Waals surface area contributed by atoms with Gasteiger partial charge in [-0.25, -0.2) is 4.39 Å². The summed E-state index contributed by atoms with van der Waals surface area (Å²) in [5.74, 6) is 7.80. The maximum atomic E-state index is 13.5. The number of ketones is 2. The monoisotopic (exact) mass is 871 g/mol. The number of aliphatic hydroxyl groups is 2. The Morgan fingerprint density at radius 1 is 0.594 bits per heavy atom. The minimum absolute atomic E-state index is 0.0508. The predicted octanol–water partition coefficient (Wildman–Crippen LogP) is 11.8. The number of rotatable bonds is 6. The van der Waals surface area contributed by atoms with Gasteiger partial charge in [-0.05, 0) is 247 Å². The summed E-state index contributed by atoms with van der Waals surface area (Å²) in [6.45, 7) is 10.9. The molecule has 8 saturated carbocycles. The molecule has 0 radical (unpaired) electrons. The lowest BCUT2D eigenvalue weighted by molar-refractivity contribution is -0.132. The molecule has 64 heavy (non-hydrogen) atoms. The second kappa shape index (κ2) is 17.4. The highest BCUT2D eigenvalue weighted by atomic mass is 19.1. The molecule has 0 unspecified atom stereocenters. The number of aryl methyl sites for hydroxylation is 1. The molecule has 2 N–H and O–H groups in total. The van der Waals surface area contributed by atoms with E-state index in [1.165, 1.54) is 69.9 Å². The first-order chi connectivity index (χ1) is 30.4. The minimum atomic E-state index is -0.481. The molecule has 6 nitrogen and oxygen atoms in total. The second-order valence-electron chi connectivity index (χ2n) is 24.2. The lowest BCUT2D eigenvalue weighted by Gasteiger charge is -2.56. The summed E-state index contributed by atoms with van der Waals surface area (Å²) >= 11 is 0. The van der Waals surface area contributed by atoms with E-state index in [0.717, 1.165) is 104 Å². The topological polar surface area (TPSA) is 122 Å². The molecule has 0 spiro atoms. The van der Waals surface area contributed by atoms with E-state index in [1.807, 2.05) is 39.0 Å². The smallest absolute Gasteiger partial charge is 0.140 e. The lowest BCUT2D eigenvalue weighted by Crippen LogP contribution is -2.51. The Bertz CT molecular complexity index is 2200. The van der Waals surface area contributed by atoms with E-state index in [0.29, 0.717) is 47.0 Å². The second-order valence-corrected chi connectivity index (χ2v) is 24.2. The van der Waals surface area contributed by atoms with Gasteiger partial charge in [0.25, 0.3) is 0 Å². The summed E-state index contributed by atoms with van der Waals surface area (Å²) in [7, 11) is 0. The van der Waals surface area contributed by atoms with E-state index in [2.05, 4.69) is 26.0 Å². The van der Waals surface area contributed by atoms with Gasteiger partial charge in [0.05, 0.1) is 34.5 Å². The molecule has 0 aromatic heterocycles. The highest BCUT2D eigenvalue weighted by molar-refractivity contribution is 5.85. The summed E-state index contributed by atoms with van der Waals surface area (Å²) in [5, 5.41) is 39.7. The number of hydrogen-bond acceptors (Lipinski definition) is 6. The van der Waals surface area contributed by atoms with Crippen molar-refractivity contribution in [3.8, 4) is 12.1 Å². The first-order valence-corrected chi connectivity index (χ1v) is 25.6. The Kier molecular flexibility index (Phi) is 12.4. The number of carbonyl (C=O) groups excluding carboxylic acids is 2. The molecule has 0 bridgehead atoms. The summed E-state index contributed by atoms with van der Waals surface area (Å²) in [6.07, 6.45) is 21.2. The van der Waals surface area contributed by atoms with Gasteiger partial charge < -0.3 is 10.2 Å². The number of halogens is 1. The number of benzene rings is 2. The van der Waals surface area contributed by atoms with Crippen LogP contribution in [0.1, 0.15) is 171 Å². The van der Waals surface area contributed by atoms with Crippen LogP contribution in [0, 0.1) is 117 Å². The van der Waals surface area contributed by atoms with Crippen LogP contribution in [-0.2, 0) is 22.4 Å². The number of nitrogens with zero attached hydrogens (tertiary/aromatic N) is 2. The molecule has 8 aliphatic carbocycles. The Morgan fingerprint density at radius 3 is 1.56 bits per heavy atom. The van der Waals surface area contributed by atoms with Crippen LogP contribution in [0.3, 0.4) is 0 Å². The molecule has 10 rings (SSSR count). The van der Waals surface area contributed by atoms with Crippen molar-refractivity contribution in [2.24, 2.45) is 81.8 Å². The van der Waals surface area contributed by atoms with Gasteiger partial charge in [0.15, 0.2) is 0 Å². The van der Waals surface area contributed by atoms with Crippen molar-refractivity contribution in [1.82, 2.24) is 0 Å². The van der Waals surface area contributed by atoms with Crippen molar-refractivity contribution >= 4 is 11.6 Å². The molecule has 344 valence electrons. The van der Waals surface area contributed by atoms with Crippen LogP contribution < -0.4 is 0 Å². The molecule has 8 fully saturated rings. The van der Waals surface area contributed by atoms with E-state index in [4.69, 9.17) is 5.26 Å². The average molecular weight is 871 g/mol. The van der Waals surface area contributed by atoms with Crippen LogP contribution in [-0.4, -0.2) is 33.0 Å². The number of hydrogen-bond donors (Lipinski definition) is 2. The van der Waals surface area contributed by atoms with E-state index in [1.54, 1.807) is 6.07 Å². The SMILES string of the molecule is C[C@@]1(O)CC[C@H]2[C@H](CC[C@@H]3[C@@H]2CC[C@]2(C)[C@@H](C(=O)Cc4ccc(F)cc4C#N)CC[C@@H]32)C1.Cc1cc(C#N)ccc1CC(=O)[C@H]1CC[C@H]2[C@@H]3CC[C@@H]4C[C@](C)(O)CC[C@@H]4[C@H]3CC[C@]12C. The minimum Gasteiger partial charge on any atom is -0.390 e. The van der Waals surface area contributed by atoms with Gasteiger partial charge in [0.2, 0.25) is 0 Å². The Morgan fingerprint density at radius 2 is 1.08 bits per heavy atom. The van der Waals surface area contributed by atoms with Gasteiger partial charge in [-0.15, -0.1) is 0 Å². The average Bonchev–Trinajstić information content (AvgIpc) is 3.81. The quantitative estimate of drug-likeness (QED) is 0.298. The molecule has 0 saturated heterocycles.